The Morgan fingerprint density at radius 2 is 1.75 bits per heavy atom. The molecule has 0 saturated carbocycles. The lowest BCUT2D eigenvalue weighted by molar-refractivity contribution is -0.122. The second-order valence-corrected chi connectivity index (χ2v) is 4.88. The summed E-state index contributed by atoms with van der Waals surface area (Å²) in [6, 6.07) is 0.553. The Kier molecular flexibility index (Phi) is 8.26. The van der Waals surface area contributed by atoms with Crippen LogP contribution in [-0.2, 0) is 4.79 Å². The number of hydrogen-bond donors (Lipinski definition) is 2. The van der Waals surface area contributed by atoms with Gasteiger partial charge >= 0.3 is 0 Å². The molecule has 0 aromatic heterocycles. The van der Waals surface area contributed by atoms with Gasteiger partial charge in [0, 0.05) is 18.5 Å². The van der Waals surface area contributed by atoms with Crippen LogP contribution in [0.25, 0.3) is 0 Å². The highest BCUT2D eigenvalue weighted by atomic mass is 16.1. The quantitative estimate of drug-likeness (QED) is 0.669. The summed E-state index contributed by atoms with van der Waals surface area (Å²) < 4.78 is 0. The molecule has 3 heteroatoms. The average Bonchev–Trinajstić information content (AvgIpc) is 2.16. The zero-order valence-electron chi connectivity index (χ0n) is 11.5. The number of hydrogen-bond acceptors (Lipinski definition) is 2. The summed E-state index contributed by atoms with van der Waals surface area (Å²) in [5.74, 6) is 0.839. The topological polar surface area (TPSA) is 41.1 Å². The van der Waals surface area contributed by atoms with Crippen LogP contribution >= 0.6 is 0 Å². The third-order valence-electron chi connectivity index (χ3n) is 2.90. The van der Waals surface area contributed by atoms with Gasteiger partial charge in [-0.3, -0.25) is 4.79 Å². The lowest BCUT2D eigenvalue weighted by Gasteiger charge is -2.19. The molecule has 1 amide bonds. The van der Waals surface area contributed by atoms with Crippen LogP contribution in [0.1, 0.15) is 53.9 Å². The number of rotatable bonds is 8. The van der Waals surface area contributed by atoms with E-state index in [9.17, 15) is 4.79 Å². The van der Waals surface area contributed by atoms with Gasteiger partial charge in [0.25, 0.3) is 0 Å². The van der Waals surface area contributed by atoms with Crippen molar-refractivity contribution in [2.24, 2.45) is 5.92 Å². The van der Waals surface area contributed by atoms with Gasteiger partial charge in [-0.2, -0.15) is 0 Å². The van der Waals surface area contributed by atoms with Crippen molar-refractivity contribution in [3.63, 3.8) is 0 Å². The van der Waals surface area contributed by atoms with Gasteiger partial charge in [-0.1, -0.05) is 27.2 Å². The number of nitrogens with one attached hydrogen (secondary N) is 2. The maximum atomic E-state index is 11.7. The molecule has 0 aliphatic heterocycles. The van der Waals surface area contributed by atoms with Gasteiger partial charge in [0.2, 0.25) is 5.91 Å². The molecule has 0 fully saturated rings. The predicted molar refractivity (Wildman–Crippen MR) is 69.4 cm³/mol. The van der Waals surface area contributed by atoms with E-state index in [1.54, 1.807) is 0 Å². The molecule has 3 nitrogen and oxygen atoms in total. The van der Waals surface area contributed by atoms with Crippen LogP contribution in [0.4, 0.5) is 0 Å². The van der Waals surface area contributed by atoms with Gasteiger partial charge < -0.3 is 10.6 Å². The molecule has 0 aliphatic carbocycles. The first-order chi connectivity index (χ1) is 7.49. The molecule has 0 aromatic carbocycles. The lowest BCUT2D eigenvalue weighted by Crippen LogP contribution is -2.38. The van der Waals surface area contributed by atoms with E-state index in [0.717, 1.165) is 13.0 Å². The minimum atomic E-state index is 0.157. The first kappa shape index (κ1) is 15.4. The van der Waals surface area contributed by atoms with E-state index in [1.807, 2.05) is 6.92 Å². The molecule has 2 N–H and O–H groups in total. The molecule has 0 rings (SSSR count). The molecule has 3 unspecified atom stereocenters. The van der Waals surface area contributed by atoms with Gasteiger partial charge in [0.1, 0.15) is 0 Å². The van der Waals surface area contributed by atoms with Crippen LogP contribution in [0.3, 0.4) is 0 Å². The van der Waals surface area contributed by atoms with Crippen molar-refractivity contribution in [1.29, 1.82) is 0 Å². The van der Waals surface area contributed by atoms with Crippen molar-refractivity contribution >= 4 is 5.91 Å². The second kappa shape index (κ2) is 8.57. The molecule has 0 aliphatic rings. The summed E-state index contributed by atoms with van der Waals surface area (Å²) >= 11 is 0. The standard InChI is InChI=1S/C13H28N2O/c1-6-10(3)8-12(5)15-13(16)9-11(4)14-7-2/h10-12,14H,6-9H2,1-5H3,(H,15,16). The summed E-state index contributed by atoms with van der Waals surface area (Å²) in [5.41, 5.74) is 0. The summed E-state index contributed by atoms with van der Waals surface area (Å²) in [4.78, 5) is 11.7. The fourth-order valence-corrected chi connectivity index (χ4v) is 1.86. The van der Waals surface area contributed by atoms with Gasteiger partial charge in [-0.15, -0.1) is 0 Å². The molecule has 96 valence electrons. The molecular weight excluding hydrogens is 200 g/mol. The third kappa shape index (κ3) is 7.69. The molecule has 0 heterocycles. The smallest absolute Gasteiger partial charge is 0.221 e. The maximum absolute atomic E-state index is 11.7. The Morgan fingerprint density at radius 1 is 1.12 bits per heavy atom. The highest BCUT2D eigenvalue weighted by Crippen LogP contribution is 2.09. The van der Waals surface area contributed by atoms with Crippen molar-refractivity contribution in [1.82, 2.24) is 10.6 Å². The summed E-state index contributed by atoms with van der Waals surface area (Å²) in [5, 5.41) is 6.30. The zero-order valence-corrected chi connectivity index (χ0v) is 11.5. The van der Waals surface area contributed by atoms with Crippen LogP contribution in [0, 0.1) is 5.92 Å². The molecule has 16 heavy (non-hydrogen) atoms. The van der Waals surface area contributed by atoms with Crippen LogP contribution < -0.4 is 10.6 Å². The second-order valence-electron chi connectivity index (χ2n) is 4.88. The van der Waals surface area contributed by atoms with Gasteiger partial charge in [0.05, 0.1) is 0 Å². The number of amides is 1. The monoisotopic (exact) mass is 228 g/mol. The number of carbonyl (C=O) groups is 1. The van der Waals surface area contributed by atoms with Crippen LogP contribution in [0.5, 0.6) is 0 Å². The Morgan fingerprint density at radius 3 is 2.25 bits per heavy atom. The SMILES string of the molecule is CCNC(C)CC(=O)NC(C)CC(C)CC. The highest BCUT2D eigenvalue weighted by Gasteiger charge is 2.12. The number of carbonyl (C=O) groups excluding carboxylic acids is 1. The Balaban J connectivity index is 3.77. The fraction of sp³-hybridized carbons (Fsp3) is 0.923. The van der Waals surface area contributed by atoms with Crippen molar-refractivity contribution in [3.05, 3.63) is 0 Å². The van der Waals surface area contributed by atoms with Crippen LogP contribution in [0.15, 0.2) is 0 Å². The Hall–Kier alpha value is -0.570. The minimum absolute atomic E-state index is 0.157. The van der Waals surface area contributed by atoms with E-state index in [0.29, 0.717) is 12.3 Å². The molecule has 0 bridgehead atoms. The van der Waals surface area contributed by atoms with E-state index in [-0.39, 0.29) is 18.0 Å². The molecule has 0 aromatic rings. The zero-order chi connectivity index (χ0) is 12.6. The summed E-state index contributed by atoms with van der Waals surface area (Å²) in [7, 11) is 0. The normalized spacial score (nSPS) is 16.6. The molecule has 3 atom stereocenters. The Bertz CT molecular complexity index is 194. The van der Waals surface area contributed by atoms with E-state index in [4.69, 9.17) is 0 Å². The fourth-order valence-electron chi connectivity index (χ4n) is 1.86. The van der Waals surface area contributed by atoms with Gasteiger partial charge in [-0.05, 0) is 32.7 Å². The van der Waals surface area contributed by atoms with E-state index in [2.05, 4.69) is 38.3 Å². The van der Waals surface area contributed by atoms with E-state index < -0.39 is 0 Å². The minimum Gasteiger partial charge on any atom is -0.354 e. The highest BCUT2D eigenvalue weighted by molar-refractivity contribution is 5.76. The van der Waals surface area contributed by atoms with Gasteiger partial charge in [0.15, 0.2) is 0 Å². The summed E-state index contributed by atoms with van der Waals surface area (Å²) in [6.45, 7) is 11.5. The van der Waals surface area contributed by atoms with E-state index in [1.165, 1.54) is 6.42 Å². The van der Waals surface area contributed by atoms with Crippen molar-refractivity contribution < 1.29 is 4.79 Å². The van der Waals surface area contributed by atoms with Crippen molar-refractivity contribution in [2.45, 2.75) is 66.0 Å². The molecule has 0 spiro atoms. The Labute approximate surface area is 100 Å². The third-order valence-corrected chi connectivity index (χ3v) is 2.90. The molecular formula is C13H28N2O. The van der Waals surface area contributed by atoms with Crippen molar-refractivity contribution in [2.75, 3.05) is 6.54 Å². The largest absolute Gasteiger partial charge is 0.354 e. The first-order valence-corrected chi connectivity index (χ1v) is 6.52. The first-order valence-electron chi connectivity index (χ1n) is 6.52. The van der Waals surface area contributed by atoms with Crippen molar-refractivity contribution in [3.8, 4) is 0 Å². The molecule has 0 radical (unpaired) electrons. The maximum Gasteiger partial charge on any atom is 0.221 e. The molecule has 0 saturated heterocycles. The lowest BCUT2D eigenvalue weighted by atomic mass is 10.0. The van der Waals surface area contributed by atoms with E-state index >= 15 is 0 Å². The van der Waals surface area contributed by atoms with Crippen LogP contribution in [0.2, 0.25) is 0 Å². The van der Waals surface area contributed by atoms with Crippen LogP contribution in [-0.4, -0.2) is 24.5 Å². The predicted octanol–water partition coefficient (Wildman–Crippen LogP) is 2.32. The van der Waals surface area contributed by atoms with Gasteiger partial charge in [-0.25, -0.2) is 0 Å². The summed E-state index contributed by atoms with van der Waals surface area (Å²) in [6.07, 6.45) is 2.81. The average molecular weight is 228 g/mol.